The van der Waals surface area contributed by atoms with E-state index in [9.17, 15) is 13.2 Å². The highest BCUT2D eigenvalue weighted by Crippen LogP contribution is 2.23. The first-order valence-corrected chi connectivity index (χ1v) is 8.85. The van der Waals surface area contributed by atoms with Gasteiger partial charge >= 0.3 is 5.97 Å². The standard InChI is InChI=1S/C13H19NO4S2/c1-13(14,12(15)18-2)8-9-19-10-4-6-11(7-5-10)20(3,16)17/h4-7H,8-9,14H2,1-3H3. The Morgan fingerprint density at radius 1 is 1.35 bits per heavy atom. The number of nitrogens with two attached hydrogens (primary N) is 1. The van der Waals surface area contributed by atoms with E-state index in [1.54, 1.807) is 31.2 Å². The van der Waals surface area contributed by atoms with Gasteiger partial charge < -0.3 is 10.5 Å². The van der Waals surface area contributed by atoms with Crippen LogP contribution in [0.2, 0.25) is 0 Å². The van der Waals surface area contributed by atoms with E-state index in [0.717, 1.165) is 4.90 Å². The topological polar surface area (TPSA) is 86.5 Å². The van der Waals surface area contributed by atoms with Crippen LogP contribution in [0.25, 0.3) is 0 Å². The molecule has 20 heavy (non-hydrogen) atoms. The predicted octanol–water partition coefficient (Wildman–Crippen LogP) is 1.46. The molecule has 1 rings (SSSR count). The van der Waals surface area contributed by atoms with Crippen LogP contribution in [0.4, 0.5) is 0 Å². The molecule has 0 aliphatic rings. The highest BCUT2D eigenvalue weighted by molar-refractivity contribution is 7.99. The molecule has 5 nitrogen and oxygen atoms in total. The summed E-state index contributed by atoms with van der Waals surface area (Å²) in [5, 5.41) is 0. The Balaban J connectivity index is 2.57. The lowest BCUT2D eigenvalue weighted by atomic mass is 10.0. The molecule has 2 N–H and O–H groups in total. The molecule has 1 aromatic rings. The summed E-state index contributed by atoms with van der Waals surface area (Å²) < 4.78 is 27.3. The van der Waals surface area contributed by atoms with Crippen molar-refractivity contribution in [3.63, 3.8) is 0 Å². The first kappa shape index (κ1) is 17.0. The third-order valence-electron chi connectivity index (χ3n) is 2.79. The number of carbonyl (C=O) groups excluding carboxylic acids is 1. The zero-order valence-electron chi connectivity index (χ0n) is 11.8. The average Bonchev–Trinajstić information content (AvgIpc) is 2.37. The van der Waals surface area contributed by atoms with Crippen molar-refractivity contribution in [2.24, 2.45) is 5.73 Å². The molecule has 7 heteroatoms. The quantitative estimate of drug-likeness (QED) is 0.631. The predicted molar refractivity (Wildman–Crippen MR) is 79.5 cm³/mol. The van der Waals surface area contributed by atoms with Gasteiger partial charge in [-0.1, -0.05) is 0 Å². The maximum Gasteiger partial charge on any atom is 0.325 e. The number of rotatable bonds is 6. The maximum absolute atomic E-state index is 11.4. The molecule has 112 valence electrons. The molecule has 1 atom stereocenters. The SMILES string of the molecule is COC(=O)C(C)(N)CCSc1ccc(S(C)(=O)=O)cc1. The van der Waals surface area contributed by atoms with E-state index >= 15 is 0 Å². The molecule has 0 radical (unpaired) electrons. The zero-order chi connectivity index (χ0) is 15.4. The Bertz CT molecular complexity index is 565. The van der Waals surface area contributed by atoms with Gasteiger partial charge in [-0.15, -0.1) is 11.8 Å². The number of carbonyl (C=O) groups is 1. The first-order valence-electron chi connectivity index (χ1n) is 5.97. The highest BCUT2D eigenvalue weighted by atomic mass is 32.2. The number of thioether (sulfide) groups is 1. The lowest BCUT2D eigenvalue weighted by molar-refractivity contribution is -0.146. The van der Waals surface area contributed by atoms with Crippen molar-refractivity contribution in [1.29, 1.82) is 0 Å². The number of hydrogen-bond acceptors (Lipinski definition) is 6. The summed E-state index contributed by atoms with van der Waals surface area (Å²) in [4.78, 5) is 12.6. The van der Waals surface area contributed by atoms with E-state index in [2.05, 4.69) is 4.74 Å². The van der Waals surface area contributed by atoms with E-state index in [4.69, 9.17) is 5.73 Å². The van der Waals surface area contributed by atoms with Crippen LogP contribution in [0.3, 0.4) is 0 Å². The Morgan fingerprint density at radius 2 is 1.90 bits per heavy atom. The Kier molecular flexibility index (Phi) is 5.61. The number of sulfone groups is 1. The van der Waals surface area contributed by atoms with Gasteiger partial charge in [-0.2, -0.15) is 0 Å². The van der Waals surface area contributed by atoms with E-state index in [-0.39, 0.29) is 0 Å². The zero-order valence-corrected chi connectivity index (χ0v) is 13.4. The normalized spacial score (nSPS) is 14.6. The second-order valence-electron chi connectivity index (χ2n) is 4.75. The van der Waals surface area contributed by atoms with Gasteiger partial charge in [0.15, 0.2) is 9.84 Å². The number of benzene rings is 1. The lowest BCUT2D eigenvalue weighted by Crippen LogP contribution is -2.46. The molecule has 0 spiro atoms. The number of esters is 1. The fourth-order valence-electron chi connectivity index (χ4n) is 1.50. The van der Waals surface area contributed by atoms with Crippen LogP contribution in [-0.2, 0) is 19.4 Å². The van der Waals surface area contributed by atoms with Crippen LogP contribution in [0, 0.1) is 0 Å². The molecular weight excluding hydrogens is 298 g/mol. The molecule has 1 aromatic carbocycles. The van der Waals surface area contributed by atoms with Crippen molar-refractivity contribution in [2.75, 3.05) is 19.1 Å². The monoisotopic (exact) mass is 317 g/mol. The number of ether oxygens (including phenoxy) is 1. The summed E-state index contributed by atoms with van der Waals surface area (Å²) >= 11 is 1.51. The van der Waals surface area contributed by atoms with Crippen LogP contribution in [0.5, 0.6) is 0 Å². The Morgan fingerprint density at radius 3 is 2.35 bits per heavy atom. The van der Waals surface area contributed by atoms with Crippen molar-refractivity contribution in [2.45, 2.75) is 28.7 Å². The van der Waals surface area contributed by atoms with E-state index < -0.39 is 21.3 Å². The minimum absolute atomic E-state index is 0.292. The van der Waals surface area contributed by atoms with Gasteiger partial charge in [0.1, 0.15) is 5.54 Å². The number of methoxy groups -OCH3 is 1. The fourth-order valence-corrected chi connectivity index (χ4v) is 3.22. The molecule has 0 aromatic heterocycles. The van der Waals surface area contributed by atoms with E-state index in [0.29, 0.717) is 17.1 Å². The van der Waals surface area contributed by atoms with E-state index in [1.165, 1.54) is 25.1 Å². The van der Waals surface area contributed by atoms with Crippen molar-refractivity contribution < 1.29 is 17.9 Å². The third-order valence-corrected chi connectivity index (χ3v) is 4.94. The molecule has 0 heterocycles. The molecule has 0 saturated heterocycles. The molecule has 1 unspecified atom stereocenters. The van der Waals surface area contributed by atoms with Gasteiger partial charge in [0, 0.05) is 16.9 Å². The summed E-state index contributed by atoms with van der Waals surface area (Å²) in [6, 6.07) is 6.62. The van der Waals surface area contributed by atoms with Crippen LogP contribution in [0.15, 0.2) is 34.1 Å². The van der Waals surface area contributed by atoms with Crippen molar-refractivity contribution >= 4 is 27.6 Å². The minimum Gasteiger partial charge on any atom is -0.468 e. The van der Waals surface area contributed by atoms with Crippen molar-refractivity contribution in [1.82, 2.24) is 0 Å². The summed E-state index contributed by atoms with van der Waals surface area (Å²) in [6.45, 7) is 1.63. The molecule has 0 bridgehead atoms. The van der Waals surface area contributed by atoms with Crippen molar-refractivity contribution in [3.8, 4) is 0 Å². The van der Waals surface area contributed by atoms with E-state index in [1.807, 2.05) is 0 Å². The Hall–Kier alpha value is -1.05. The summed E-state index contributed by atoms with van der Waals surface area (Å²) in [5.74, 6) is 0.200. The van der Waals surface area contributed by atoms with Gasteiger partial charge in [-0.3, -0.25) is 4.79 Å². The fraction of sp³-hybridized carbons (Fsp3) is 0.462. The summed E-state index contributed by atoms with van der Waals surface area (Å²) in [6.07, 6.45) is 1.64. The van der Waals surface area contributed by atoms with Gasteiger partial charge in [0.05, 0.1) is 12.0 Å². The first-order chi connectivity index (χ1) is 9.16. The average molecular weight is 317 g/mol. The maximum atomic E-state index is 11.4. The second kappa shape index (κ2) is 6.60. The Labute approximate surface area is 123 Å². The molecular formula is C13H19NO4S2. The third kappa shape index (κ3) is 4.81. The van der Waals surface area contributed by atoms with Gasteiger partial charge in [-0.25, -0.2) is 8.42 Å². The van der Waals surface area contributed by atoms with Crippen molar-refractivity contribution in [3.05, 3.63) is 24.3 Å². The van der Waals surface area contributed by atoms with Gasteiger partial charge in [0.25, 0.3) is 0 Å². The summed E-state index contributed by atoms with van der Waals surface area (Å²) in [7, 11) is -1.86. The molecule has 0 amide bonds. The number of hydrogen-bond donors (Lipinski definition) is 1. The summed E-state index contributed by atoms with van der Waals surface area (Å²) in [5.41, 5.74) is 4.84. The smallest absolute Gasteiger partial charge is 0.325 e. The highest BCUT2D eigenvalue weighted by Gasteiger charge is 2.28. The largest absolute Gasteiger partial charge is 0.468 e. The molecule has 0 fully saturated rings. The van der Waals surface area contributed by atoms with Gasteiger partial charge in [-0.05, 0) is 37.6 Å². The van der Waals surface area contributed by atoms with Crippen LogP contribution in [0.1, 0.15) is 13.3 Å². The molecule has 0 aliphatic carbocycles. The molecule has 0 saturated carbocycles. The lowest BCUT2D eigenvalue weighted by Gasteiger charge is -2.20. The minimum atomic E-state index is -3.17. The van der Waals surface area contributed by atoms with Crippen LogP contribution >= 0.6 is 11.8 Å². The molecule has 0 aliphatic heterocycles. The van der Waals surface area contributed by atoms with Crippen LogP contribution < -0.4 is 5.73 Å². The van der Waals surface area contributed by atoms with Crippen LogP contribution in [-0.4, -0.2) is 39.0 Å². The van der Waals surface area contributed by atoms with Gasteiger partial charge in [0.2, 0.25) is 0 Å². The second-order valence-corrected chi connectivity index (χ2v) is 7.94.